The van der Waals surface area contributed by atoms with Crippen molar-refractivity contribution < 1.29 is 9.53 Å². The van der Waals surface area contributed by atoms with Crippen LogP contribution >= 0.6 is 11.3 Å². The summed E-state index contributed by atoms with van der Waals surface area (Å²) in [5.74, 6) is 0.762. The van der Waals surface area contributed by atoms with E-state index in [0.717, 1.165) is 28.1 Å². The Labute approximate surface area is 177 Å². The molecule has 0 aliphatic rings. The molecule has 0 bridgehead atoms. The van der Waals surface area contributed by atoms with Gasteiger partial charge in [-0.15, -0.1) is 11.3 Å². The lowest BCUT2D eigenvalue weighted by atomic mass is 10.2. The summed E-state index contributed by atoms with van der Waals surface area (Å²) in [5.41, 5.74) is 3.67. The van der Waals surface area contributed by atoms with Gasteiger partial charge >= 0.3 is 6.03 Å². The number of carbonyl (C=O) groups excluding carboxylic acids is 1. The molecule has 30 heavy (non-hydrogen) atoms. The highest BCUT2D eigenvalue weighted by Crippen LogP contribution is 2.24. The predicted octanol–water partition coefficient (Wildman–Crippen LogP) is 4.50. The molecule has 0 aliphatic heterocycles. The van der Waals surface area contributed by atoms with Crippen LogP contribution in [0.15, 0.2) is 78.7 Å². The summed E-state index contributed by atoms with van der Waals surface area (Å²) in [7, 11) is 0. The summed E-state index contributed by atoms with van der Waals surface area (Å²) in [4.78, 5) is 24.7. The minimum atomic E-state index is -0.306. The van der Waals surface area contributed by atoms with E-state index in [0.29, 0.717) is 18.3 Å². The average Bonchev–Trinajstić information content (AvgIpc) is 3.27. The number of pyridine rings is 2. The van der Waals surface area contributed by atoms with Crippen LogP contribution in [0.4, 0.5) is 9.93 Å². The molecule has 0 saturated carbocycles. The van der Waals surface area contributed by atoms with Gasteiger partial charge in [-0.25, -0.2) is 9.78 Å². The van der Waals surface area contributed by atoms with Crippen LogP contribution in [0.1, 0.15) is 11.1 Å². The lowest BCUT2D eigenvalue weighted by Gasteiger charge is -2.08. The number of hydrogen-bond acceptors (Lipinski definition) is 6. The first-order valence-corrected chi connectivity index (χ1v) is 10.2. The maximum absolute atomic E-state index is 12.2. The minimum absolute atomic E-state index is 0.306. The molecular weight excluding hydrogens is 398 g/mol. The number of benzene rings is 1. The van der Waals surface area contributed by atoms with Crippen LogP contribution in [0.5, 0.6) is 5.75 Å². The third-order valence-electron chi connectivity index (χ3n) is 4.19. The number of aromatic nitrogens is 3. The van der Waals surface area contributed by atoms with Gasteiger partial charge in [0.25, 0.3) is 0 Å². The summed E-state index contributed by atoms with van der Waals surface area (Å²) in [5, 5.41) is 8.01. The summed E-state index contributed by atoms with van der Waals surface area (Å²) in [6, 6.07) is 14.9. The van der Waals surface area contributed by atoms with E-state index < -0.39 is 0 Å². The van der Waals surface area contributed by atoms with E-state index in [9.17, 15) is 4.79 Å². The van der Waals surface area contributed by atoms with Gasteiger partial charge in [0.15, 0.2) is 5.13 Å². The highest BCUT2D eigenvalue weighted by molar-refractivity contribution is 7.14. The molecule has 0 aliphatic carbocycles. The molecule has 150 valence electrons. The Kier molecular flexibility index (Phi) is 6.26. The molecule has 4 rings (SSSR count). The molecule has 4 aromatic rings. The number of thiazole rings is 1. The fourth-order valence-electron chi connectivity index (χ4n) is 2.66. The van der Waals surface area contributed by atoms with E-state index in [1.807, 2.05) is 53.9 Å². The van der Waals surface area contributed by atoms with Crippen molar-refractivity contribution >= 4 is 22.5 Å². The number of hydrogen-bond donors (Lipinski definition) is 2. The zero-order valence-corrected chi connectivity index (χ0v) is 16.8. The topological polar surface area (TPSA) is 89.0 Å². The molecule has 0 spiro atoms. The number of rotatable bonds is 7. The van der Waals surface area contributed by atoms with Crippen LogP contribution in [0.25, 0.3) is 11.3 Å². The van der Waals surface area contributed by atoms with Gasteiger partial charge in [-0.05, 0) is 35.9 Å². The lowest BCUT2D eigenvalue weighted by Crippen LogP contribution is -2.28. The largest absolute Gasteiger partial charge is 0.489 e. The van der Waals surface area contributed by atoms with Gasteiger partial charge in [-0.2, -0.15) is 0 Å². The van der Waals surface area contributed by atoms with Gasteiger partial charge in [0.2, 0.25) is 0 Å². The molecule has 2 N–H and O–H groups in total. The second kappa shape index (κ2) is 9.62. The molecule has 0 fully saturated rings. The Morgan fingerprint density at radius 3 is 2.50 bits per heavy atom. The monoisotopic (exact) mass is 417 g/mol. The number of nitrogens with zero attached hydrogens (tertiary/aromatic N) is 3. The van der Waals surface area contributed by atoms with Crippen LogP contribution in [-0.4, -0.2) is 21.0 Å². The fourth-order valence-corrected chi connectivity index (χ4v) is 3.37. The standard InChI is InChI=1S/C22H19N5O2S/c28-21(27-22-26-20(15-30-22)18-4-2-10-24-13-18)25-12-16-5-7-19(8-6-16)29-14-17-3-1-9-23-11-17/h1-11,13,15H,12,14H2,(H2,25,26,27,28). The van der Waals surface area contributed by atoms with Crippen molar-refractivity contribution in [1.82, 2.24) is 20.3 Å². The summed E-state index contributed by atoms with van der Waals surface area (Å²) < 4.78 is 5.74. The molecule has 3 aromatic heterocycles. The van der Waals surface area contributed by atoms with Crippen LogP contribution < -0.4 is 15.4 Å². The van der Waals surface area contributed by atoms with Crippen LogP contribution in [0.2, 0.25) is 0 Å². The Morgan fingerprint density at radius 2 is 1.77 bits per heavy atom. The zero-order valence-electron chi connectivity index (χ0n) is 16.0. The summed E-state index contributed by atoms with van der Waals surface area (Å²) in [6.45, 7) is 0.859. The Balaban J connectivity index is 1.24. The molecule has 7 nitrogen and oxygen atoms in total. The van der Waals surface area contributed by atoms with Crippen molar-refractivity contribution in [3.8, 4) is 17.0 Å². The predicted molar refractivity (Wildman–Crippen MR) is 116 cm³/mol. The first kappa shape index (κ1) is 19.5. The minimum Gasteiger partial charge on any atom is -0.489 e. The Hall–Kier alpha value is -3.78. The molecular formula is C22H19N5O2S. The summed E-state index contributed by atoms with van der Waals surface area (Å²) in [6.07, 6.45) is 6.96. The van der Waals surface area contributed by atoms with Gasteiger partial charge < -0.3 is 10.1 Å². The van der Waals surface area contributed by atoms with E-state index >= 15 is 0 Å². The quantitative estimate of drug-likeness (QED) is 0.462. The molecule has 1 aromatic carbocycles. The molecule has 0 unspecified atom stereocenters. The van der Waals surface area contributed by atoms with Gasteiger partial charge in [-0.1, -0.05) is 18.2 Å². The molecule has 8 heteroatoms. The Bertz CT molecular complexity index is 1090. The highest BCUT2D eigenvalue weighted by atomic mass is 32.1. The van der Waals surface area contributed by atoms with Crippen molar-refractivity contribution in [3.05, 3.63) is 89.8 Å². The maximum Gasteiger partial charge on any atom is 0.321 e. The second-order valence-corrected chi connectivity index (χ2v) is 7.24. The molecule has 0 saturated heterocycles. The lowest BCUT2D eigenvalue weighted by molar-refractivity contribution is 0.251. The third-order valence-corrected chi connectivity index (χ3v) is 4.94. The van der Waals surface area contributed by atoms with E-state index in [1.54, 1.807) is 24.8 Å². The first-order valence-electron chi connectivity index (χ1n) is 9.28. The van der Waals surface area contributed by atoms with Crippen molar-refractivity contribution in [1.29, 1.82) is 0 Å². The van der Waals surface area contributed by atoms with E-state index in [1.165, 1.54) is 11.3 Å². The van der Waals surface area contributed by atoms with Gasteiger partial charge in [0.1, 0.15) is 12.4 Å². The smallest absolute Gasteiger partial charge is 0.321 e. The van der Waals surface area contributed by atoms with Gasteiger partial charge in [0.05, 0.1) is 5.69 Å². The highest BCUT2D eigenvalue weighted by Gasteiger charge is 2.08. The number of amides is 2. The molecule has 3 heterocycles. The van der Waals surface area contributed by atoms with Crippen molar-refractivity contribution in [2.75, 3.05) is 5.32 Å². The molecule has 0 atom stereocenters. The van der Waals surface area contributed by atoms with Crippen molar-refractivity contribution in [2.45, 2.75) is 13.2 Å². The van der Waals surface area contributed by atoms with Crippen LogP contribution in [-0.2, 0) is 13.2 Å². The van der Waals surface area contributed by atoms with E-state index in [2.05, 4.69) is 25.6 Å². The average molecular weight is 417 g/mol. The Morgan fingerprint density at radius 1 is 0.967 bits per heavy atom. The van der Waals surface area contributed by atoms with Crippen LogP contribution in [0, 0.1) is 0 Å². The number of nitrogens with one attached hydrogen (secondary N) is 2. The zero-order chi connectivity index (χ0) is 20.6. The van der Waals surface area contributed by atoms with Crippen LogP contribution in [0.3, 0.4) is 0 Å². The van der Waals surface area contributed by atoms with Crippen molar-refractivity contribution in [2.24, 2.45) is 0 Å². The maximum atomic E-state index is 12.2. The molecule has 0 radical (unpaired) electrons. The fraction of sp³-hybridized carbons (Fsp3) is 0.0909. The SMILES string of the molecule is O=C(NCc1ccc(OCc2cccnc2)cc1)Nc1nc(-c2cccnc2)cs1. The number of ether oxygens (including phenoxy) is 1. The number of anilines is 1. The van der Waals surface area contributed by atoms with Gasteiger partial charge in [-0.3, -0.25) is 15.3 Å². The van der Waals surface area contributed by atoms with Crippen molar-refractivity contribution in [3.63, 3.8) is 0 Å². The number of urea groups is 1. The van der Waals surface area contributed by atoms with E-state index in [-0.39, 0.29) is 6.03 Å². The molecule has 2 amide bonds. The first-order chi connectivity index (χ1) is 14.8. The second-order valence-electron chi connectivity index (χ2n) is 6.38. The normalized spacial score (nSPS) is 10.4. The van der Waals surface area contributed by atoms with Gasteiger partial charge in [0, 0.05) is 47.8 Å². The van der Waals surface area contributed by atoms with E-state index in [4.69, 9.17) is 4.74 Å². The summed E-state index contributed by atoms with van der Waals surface area (Å²) >= 11 is 1.37. The number of carbonyl (C=O) groups is 1. The third kappa shape index (κ3) is 5.39.